The number of nitrogens with zero attached hydrogens (tertiary/aromatic N) is 1. The monoisotopic (exact) mass is 547 g/mol. The molecule has 3 aromatic rings. The highest BCUT2D eigenvalue weighted by Gasteiger charge is 2.21. The fourth-order valence-electron chi connectivity index (χ4n) is 4.52. The molecule has 1 heterocycles. The van der Waals surface area contributed by atoms with E-state index in [2.05, 4.69) is 0 Å². The minimum atomic E-state index is -0.502. The van der Waals surface area contributed by atoms with Crippen molar-refractivity contribution in [3.8, 4) is 5.75 Å². The Kier molecular flexibility index (Phi) is 11.1. The average Bonchev–Trinajstić information content (AvgIpc) is 2.95. The molecule has 8 heteroatoms. The second-order valence-electron chi connectivity index (χ2n) is 9.37. The van der Waals surface area contributed by atoms with Gasteiger partial charge in [-0.1, -0.05) is 72.8 Å². The Balaban J connectivity index is 0.00000420. The minimum absolute atomic E-state index is 0. The summed E-state index contributed by atoms with van der Waals surface area (Å²) >= 11 is 0. The molecule has 1 saturated heterocycles. The van der Waals surface area contributed by atoms with Crippen molar-refractivity contribution in [2.45, 2.75) is 31.8 Å². The van der Waals surface area contributed by atoms with Crippen LogP contribution in [0.25, 0.3) is 6.08 Å². The van der Waals surface area contributed by atoms with Gasteiger partial charge < -0.3 is 20.1 Å². The van der Waals surface area contributed by atoms with E-state index in [0.29, 0.717) is 18.1 Å². The lowest BCUT2D eigenvalue weighted by atomic mass is 9.92. The Hall–Kier alpha value is -4.10. The number of benzene rings is 3. The smallest absolute Gasteiger partial charge is 0.331 e. The van der Waals surface area contributed by atoms with Gasteiger partial charge in [-0.05, 0) is 60.1 Å². The fourth-order valence-corrected chi connectivity index (χ4v) is 4.52. The average molecular weight is 548 g/mol. The summed E-state index contributed by atoms with van der Waals surface area (Å²) in [5.41, 5.74) is 8.12. The Morgan fingerprint density at radius 1 is 0.923 bits per heavy atom. The molecule has 0 amide bonds. The summed E-state index contributed by atoms with van der Waals surface area (Å²) in [6, 6.07) is 26.3. The third kappa shape index (κ3) is 9.00. The molecule has 0 aliphatic carbocycles. The summed E-state index contributed by atoms with van der Waals surface area (Å²) in [5, 5.41) is 7.51. The molecule has 0 unspecified atom stereocenters. The molecule has 0 bridgehead atoms. The van der Waals surface area contributed by atoms with E-state index in [-0.39, 0.29) is 24.3 Å². The second kappa shape index (κ2) is 14.7. The molecule has 7 nitrogen and oxygen atoms in total. The number of hydrogen-bond acceptors (Lipinski definition) is 5. The van der Waals surface area contributed by atoms with E-state index in [9.17, 15) is 9.59 Å². The van der Waals surface area contributed by atoms with Crippen LogP contribution in [0.3, 0.4) is 0 Å². The van der Waals surface area contributed by atoms with E-state index in [1.807, 2.05) is 65.6 Å². The highest BCUT2D eigenvalue weighted by atomic mass is 35.5. The van der Waals surface area contributed by atoms with Gasteiger partial charge in [0.1, 0.15) is 5.75 Å². The summed E-state index contributed by atoms with van der Waals surface area (Å²) in [7, 11) is 0. The molecule has 0 spiro atoms. The molecule has 0 atom stereocenters. The van der Waals surface area contributed by atoms with Crippen molar-refractivity contribution in [1.82, 2.24) is 4.90 Å². The lowest BCUT2D eigenvalue weighted by Crippen LogP contribution is -2.42. The van der Waals surface area contributed by atoms with E-state index < -0.39 is 12.1 Å². The third-order valence-corrected chi connectivity index (χ3v) is 6.67. The number of likely N-dealkylation sites (tertiary alicyclic amines) is 1. The zero-order valence-corrected chi connectivity index (χ0v) is 22.5. The van der Waals surface area contributed by atoms with E-state index in [4.69, 9.17) is 20.6 Å². The number of esters is 2. The lowest BCUT2D eigenvalue weighted by molar-refractivity contribution is -0.141. The maximum atomic E-state index is 12.6. The molecule has 1 fully saturated rings. The quantitative estimate of drug-likeness (QED) is 0.116. The molecule has 0 aromatic heterocycles. The highest BCUT2D eigenvalue weighted by molar-refractivity contribution is 5.87. The van der Waals surface area contributed by atoms with Gasteiger partial charge in [-0.15, -0.1) is 12.4 Å². The van der Waals surface area contributed by atoms with Crippen molar-refractivity contribution in [1.29, 1.82) is 5.41 Å². The number of guanidine groups is 1. The number of hydrogen-bond donors (Lipinski definition) is 2. The molecular formula is C31H34ClN3O4. The Labute approximate surface area is 235 Å². The maximum absolute atomic E-state index is 12.6. The Morgan fingerprint density at radius 2 is 1.49 bits per heavy atom. The van der Waals surface area contributed by atoms with Crippen molar-refractivity contribution >= 4 is 36.4 Å². The van der Waals surface area contributed by atoms with Crippen LogP contribution in [0.4, 0.5) is 0 Å². The van der Waals surface area contributed by atoms with Gasteiger partial charge in [-0.25, -0.2) is 4.79 Å². The molecule has 1 aliphatic heterocycles. The molecule has 3 N–H and O–H groups in total. The van der Waals surface area contributed by atoms with Crippen LogP contribution in [0.2, 0.25) is 0 Å². The first kappa shape index (κ1) is 29.5. The molecular weight excluding hydrogens is 514 g/mol. The number of rotatable bonds is 9. The zero-order valence-electron chi connectivity index (χ0n) is 21.7. The number of nitrogens with one attached hydrogen (secondary N) is 1. The van der Waals surface area contributed by atoms with Crippen LogP contribution in [0.15, 0.2) is 91.0 Å². The van der Waals surface area contributed by atoms with Crippen LogP contribution < -0.4 is 10.5 Å². The van der Waals surface area contributed by atoms with Crippen LogP contribution in [0.1, 0.15) is 48.5 Å². The van der Waals surface area contributed by atoms with Gasteiger partial charge in [0, 0.05) is 25.6 Å². The molecule has 4 rings (SSSR count). The van der Waals surface area contributed by atoms with Crippen molar-refractivity contribution < 1.29 is 19.1 Å². The summed E-state index contributed by atoms with van der Waals surface area (Å²) < 4.78 is 11.3. The first-order chi connectivity index (χ1) is 18.5. The maximum Gasteiger partial charge on any atom is 0.331 e. The summed E-state index contributed by atoms with van der Waals surface area (Å²) in [5.74, 6) is 0.302. The van der Waals surface area contributed by atoms with Crippen LogP contribution >= 0.6 is 12.4 Å². The molecule has 1 aliphatic rings. The van der Waals surface area contributed by atoms with Gasteiger partial charge in [-0.3, -0.25) is 10.2 Å². The van der Waals surface area contributed by atoms with E-state index in [1.54, 1.807) is 30.3 Å². The number of piperidine rings is 1. The Morgan fingerprint density at radius 3 is 2.03 bits per heavy atom. The number of nitrogens with two attached hydrogens (primary N) is 1. The number of halogens is 1. The summed E-state index contributed by atoms with van der Waals surface area (Å²) in [6.45, 7) is 1.52. The SMILES string of the molecule is Cl.N=C(N)N1CCC(CCC(=O)Oc2ccc(C=CC(=O)OC(c3ccccc3)c3ccccc3)cc2)CC1. The highest BCUT2D eigenvalue weighted by Crippen LogP contribution is 2.26. The van der Waals surface area contributed by atoms with Crippen LogP contribution in [0.5, 0.6) is 5.75 Å². The minimum Gasteiger partial charge on any atom is -0.449 e. The normalized spacial score (nSPS) is 13.6. The summed E-state index contributed by atoms with van der Waals surface area (Å²) in [6.07, 6.45) is 5.54. The van der Waals surface area contributed by atoms with Crippen molar-refractivity contribution in [2.75, 3.05) is 13.1 Å². The molecule has 39 heavy (non-hydrogen) atoms. The van der Waals surface area contributed by atoms with E-state index in [1.165, 1.54) is 6.08 Å². The van der Waals surface area contributed by atoms with Gasteiger partial charge in [0.05, 0.1) is 0 Å². The number of carbonyl (C=O) groups excluding carboxylic acids is 2. The molecule has 3 aromatic carbocycles. The van der Waals surface area contributed by atoms with Crippen LogP contribution in [-0.4, -0.2) is 35.9 Å². The molecule has 0 radical (unpaired) electrons. The first-order valence-corrected chi connectivity index (χ1v) is 12.9. The van der Waals surface area contributed by atoms with Crippen molar-refractivity contribution in [3.05, 3.63) is 108 Å². The molecule has 204 valence electrons. The van der Waals surface area contributed by atoms with Gasteiger partial charge in [0.2, 0.25) is 0 Å². The van der Waals surface area contributed by atoms with E-state index in [0.717, 1.165) is 49.0 Å². The summed E-state index contributed by atoms with van der Waals surface area (Å²) in [4.78, 5) is 26.8. The standard InChI is InChI=1S/C31H33N3O4.ClH/c32-31(33)34-21-19-24(20-22-34)14-17-28(35)37-27-15-11-23(12-16-27)13-18-29(36)38-30(25-7-3-1-4-8-25)26-9-5-2-6-10-26;/h1-13,15-16,18,24,30H,14,17,19-22H2,(H3,32,33);1H. The van der Waals surface area contributed by atoms with Gasteiger partial charge >= 0.3 is 11.9 Å². The lowest BCUT2D eigenvalue weighted by Gasteiger charge is -2.31. The first-order valence-electron chi connectivity index (χ1n) is 12.9. The number of ether oxygens (including phenoxy) is 2. The zero-order chi connectivity index (χ0) is 26.7. The van der Waals surface area contributed by atoms with Crippen molar-refractivity contribution in [3.63, 3.8) is 0 Å². The van der Waals surface area contributed by atoms with Crippen molar-refractivity contribution in [2.24, 2.45) is 11.7 Å². The molecule has 0 saturated carbocycles. The van der Waals surface area contributed by atoms with Gasteiger partial charge in [0.25, 0.3) is 0 Å². The van der Waals surface area contributed by atoms with Gasteiger partial charge in [0.15, 0.2) is 12.1 Å². The van der Waals surface area contributed by atoms with E-state index >= 15 is 0 Å². The van der Waals surface area contributed by atoms with Crippen LogP contribution in [-0.2, 0) is 14.3 Å². The third-order valence-electron chi connectivity index (χ3n) is 6.67. The van der Waals surface area contributed by atoms with Gasteiger partial charge in [-0.2, -0.15) is 0 Å². The predicted octanol–water partition coefficient (Wildman–Crippen LogP) is 5.75. The fraction of sp³-hybridized carbons (Fsp3) is 0.258. The Bertz CT molecular complexity index is 1200. The second-order valence-corrected chi connectivity index (χ2v) is 9.37. The van der Waals surface area contributed by atoms with Crippen LogP contribution in [0, 0.1) is 11.3 Å². The topological polar surface area (TPSA) is 106 Å². The number of carbonyl (C=O) groups is 2. The predicted molar refractivity (Wildman–Crippen MR) is 155 cm³/mol. The largest absolute Gasteiger partial charge is 0.449 e.